The van der Waals surface area contributed by atoms with Gasteiger partial charge in [-0.25, -0.2) is 4.98 Å². The molecule has 0 aliphatic heterocycles. The maximum absolute atomic E-state index is 12.1. The summed E-state index contributed by atoms with van der Waals surface area (Å²) in [5.74, 6) is 0.725. The number of carbonyl (C=O) groups excluding carboxylic acids is 1. The lowest BCUT2D eigenvalue weighted by molar-refractivity contribution is 0.0995. The number of hydrogen-bond acceptors (Lipinski definition) is 4. The molecule has 1 N–H and O–H groups in total. The van der Waals surface area contributed by atoms with Gasteiger partial charge in [-0.15, -0.1) is 11.3 Å². The summed E-state index contributed by atoms with van der Waals surface area (Å²) in [6, 6.07) is 11.8. The van der Waals surface area contributed by atoms with Gasteiger partial charge in [0.15, 0.2) is 10.9 Å². The summed E-state index contributed by atoms with van der Waals surface area (Å²) in [4.78, 5) is 16.5. The lowest BCUT2D eigenvalue weighted by atomic mass is 10.1. The Morgan fingerprint density at radius 3 is 2.65 bits per heavy atom. The molecule has 0 saturated carbocycles. The van der Waals surface area contributed by atoms with Crippen molar-refractivity contribution in [3.8, 4) is 11.3 Å². The van der Waals surface area contributed by atoms with Crippen LogP contribution in [0, 0.1) is 6.92 Å². The van der Waals surface area contributed by atoms with Crippen LogP contribution in [0.2, 0.25) is 0 Å². The Morgan fingerprint density at radius 2 is 2.00 bits per heavy atom. The van der Waals surface area contributed by atoms with Gasteiger partial charge in [-0.05, 0) is 31.0 Å². The number of furan rings is 1. The van der Waals surface area contributed by atoms with Gasteiger partial charge in [0.05, 0.1) is 5.69 Å². The first-order valence-corrected chi connectivity index (χ1v) is 8.46. The summed E-state index contributed by atoms with van der Waals surface area (Å²) in [7, 11) is 0. The predicted molar refractivity (Wildman–Crippen MR) is 92.9 cm³/mol. The van der Waals surface area contributed by atoms with Crippen molar-refractivity contribution in [2.75, 3.05) is 5.32 Å². The summed E-state index contributed by atoms with van der Waals surface area (Å²) < 4.78 is 5.31. The average molecular weight is 326 g/mol. The van der Waals surface area contributed by atoms with Crippen LogP contribution in [0.1, 0.15) is 35.2 Å². The first-order chi connectivity index (χ1) is 11.2. The number of benzene rings is 1. The van der Waals surface area contributed by atoms with Gasteiger partial charge < -0.3 is 4.42 Å². The van der Waals surface area contributed by atoms with E-state index in [2.05, 4.69) is 41.5 Å². The monoisotopic (exact) mass is 326 g/mol. The number of aromatic nitrogens is 1. The van der Waals surface area contributed by atoms with Crippen molar-refractivity contribution in [2.24, 2.45) is 0 Å². The highest BCUT2D eigenvalue weighted by Gasteiger charge is 2.13. The Kier molecular flexibility index (Phi) is 4.57. The predicted octanol–water partition coefficient (Wildman–Crippen LogP) is 4.92. The zero-order chi connectivity index (χ0) is 16.2. The van der Waals surface area contributed by atoms with Crippen LogP contribution in [-0.2, 0) is 6.42 Å². The molecule has 0 saturated heterocycles. The molecule has 4 nitrogen and oxygen atoms in total. The Hall–Kier alpha value is -2.40. The second-order valence-corrected chi connectivity index (χ2v) is 6.21. The van der Waals surface area contributed by atoms with Crippen LogP contribution >= 0.6 is 11.3 Å². The average Bonchev–Trinajstić information content (AvgIpc) is 3.18. The standard InChI is InChI=1S/C18H18N2O2S/c1-3-4-13-6-8-14(9-7-13)15-11-23-18(19-15)20-17(21)16-10-5-12(2)22-16/h5-11H,3-4H2,1-2H3,(H,19,20,21). The van der Waals surface area contributed by atoms with E-state index in [1.54, 1.807) is 19.1 Å². The minimum absolute atomic E-state index is 0.280. The minimum Gasteiger partial charge on any atom is -0.456 e. The molecule has 0 atom stereocenters. The maximum atomic E-state index is 12.1. The summed E-state index contributed by atoms with van der Waals surface area (Å²) >= 11 is 1.40. The number of carbonyl (C=O) groups is 1. The summed E-state index contributed by atoms with van der Waals surface area (Å²) in [5.41, 5.74) is 3.24. The molecule has 118 valence electrons. The number of amides is 1. The van der Waals surface area contributed by atoms with Gasteiger partial charge in [0.2, 0.25) is 0 Å². The van der Waals surface area contributed by atoms with Crippen molar-refractivity contribution in [3.05, 3.63) is 58.9 Å². The minimum atomic E-state index is -0.280. The van der Waals surface area contributed by atoms with Gasteiger partial charge >= 0.3 is 0 Å². The molecule has 3 rings (SSSR count). The lowest BCUT2D eigenvalue weighted by Crippen LogP contribution is -2.10. The van der Waals surface area contributed by atoms with Crippen molar-refractivity contribution in [3.63, 3.8) is 0 Å². The smallest absolute Gasteiger partial charge is 0.293 e. The van der Waals surface area contributed by atoms with Crippen LogP contribution in [0.25, 0.3) is 11.3 Å². The van der Waals surface area contributed by atoms with Gasteiger partial charge in [-0.2, -0.15) is 0 Å². The van der Waals surface area contributed by atoms with Gasteiger partial charge in [-0.3, -0.25) is 10.1 Å². The summed E-state index contributed by atoms with van der Waals surface area (Å²) in [6.07, 6.45) is 2.22. The number of thiazole rings is 1. The number of hydrogen-bond donors (Lipinski definition) is 1. The highest BCUT2D eigenvalue weighted by Crippen LogP contribution is 2.25. The van der Waals surface area contributed by atoms with E-state index < -0.39 is 0 Å². The molecule has 0 spiro atoms. The molecular weight excluding hydrogens is 308 g/mol. The van der Waals surface area contributed by atoms with E-state index in [-0.39, 0.29) is 5.91 Å². The molecule has 0 radical (unpaired) electrons. The van der Waals surface area contributed by atoms with Gasteiger partial charge in [-0.1, -0.05) is 37.6 Å². The van der Waals surface area contributed by atoms with E-state index in [4.69, 9.17) is 4.42 Å². The van der Waals surface area contributed by atoms with Crippen molar-refractivity contribution < 1.29 is 9.21 Å². The highest BCUT2D eigenvalue weighted by molar-refractivity contribution is 7.14. The Balaban J connectivity index is 1.71. The number of nitrogens with zero attached hydrogens (tertiary/aromatic N) is 1. The molecule has 3 aromatic rings. The van der Waals surface area contributed by atoms with E-state index in [0.29, 0.717) is 16.7 Å². The van der Waals surface area contributed by atoms with E-state index in [9.17, 15) is 4.79 Å². The zero-order valence-corrected chi connectivity index (χ0v) is 13.9. The number of rotatable bonds is 5. The molecule has 2 aromatic heterocycles. The fourth-order valence-corrected chi connectivity index (χ4v) is 3.02. The Morgan fingerprint density at radius 1 is 1.22 bits per heavy atom. The zero-order valence-electron chi connectivity index (χ0n) is 13.1. The maximum Gasteiger partial charge on any atom is 0.293 e. The third-order valence-electron chi connectivity index (χ3n) is 3.48. The first kappa shape index (κ1) is 15.5. The lowest BCUT2D eigenvalue weighted by Gasteiger charge is -2.01. The SMILES string of the molecule is CCCc1ccc(-c2csc(NC(=O)c3ccc(C)o3)n2)cc1. The third-order valence-corrected chi connectivity index (χ3v) is 4.23. The molecule has 5 heteroatoms. The van der Waals surface area contributed by atoms with Crippen LogP contribution in [-0.4, -0.2) is 10.9 Å². The summed E-state index contributed by atoms with van der Waals surface area (Å²) in [6.45, 7) is 3.98. The van der Waals surface area contributed by atoms with E-state index in [1.807, 2.05) is 5.38 Å². The normalized spacial score (nSPS) is 10.7. The number of aryl methyl sites for hydroxylation is 2. The van der Waals surface area contributed by atoms with E-state index >= 15 is 0 Å². The van der Waals surface area contributed by atoms with Crippen molar-refractivity contribution >= 4 is 22.4 Å². The quantitative estimate of drug-likeness (QED) is 0.724. The van der Waals surface area contributed by atoms with Gasteiger partial charge in [0.1, 0.15) is 5.76 Å². The van der Waals surface area contributed by atoms with Crippen molar-refractivity contribution in [1.29, 1.82) is 0 Å². The van der Waals surface area contributed by atoms with Crippen LogP contribution in [0.3, 0.4) is 0 Å². The number of nitrogens with one attached hydrogen (secondary N) is 1. The van der Waals surface area contributed by atoms with Crippen LogP contribution in [0.4, 0.5) is 5.13 Å². The van der Waals surface area contributed by atoms with Gasteiger partial charge in [0.25, 0.3) is 5.91 Å². The molecule has 23 heavy (non-hydrogen) atoms. The fourth-order valence-electron chi connectivity index (χ4n) is 2.31. The molecule has 1 amide bonds. The molecular formula is C18H18N2O2S. The highest BCUT2D eigenvalue weighted by atomic mass is 32.1. The second kappa shape index (κ2) is 6.79. The molecule has 0 bridgehead atoms. The Labute approximate surface area is 139 Å². The van der Waals surface area contributed by atoms with Crippen LogP contribution in [0.15, 0.2) is 46.2 Å². The largest absolute Gasteiger partial charge is 0.456 e. The first-order valence-electron chi connectivity index (χ1n) is 7.58. The fraction of sp³-hybridized carbons (Fsp3) is 0.222. The summed E-state index contributed by atoms with van der Waals surface area (Å²) in [5, 5.41) is 5.28. The topological polar surface area (TPSA) is 55.1 Å². The third kappa shape index (κ3) is 3.68. The molecule has 0 aliphatic rings. The molecule has 0 unspecified atom stereocenters. The Bertz CT molecular complexity index is 803. The molecule has 1 aromatic carbocycles. The van der Waals surface area contributed by atoms with Crippen LogP contribution < -0.4 is 5.32 Å². The second-order valence-electron chi connectivity index (χ2n) is 5.35. The van der Waals surface area contributed by atoms with Crippen molar-refractivity contribution in [2.45, 2.75) is 26.7 Å². The van der Waals surface area contributed by atoms with E-state index in [0.717, 1.165) is 24.1 Å². The molecule has 0 aliphatic carbocycles. The van der Waals surface area contributed by atoms with Crippen molar-refractivity contribution in [1.82, 2.24) is 4.98 Å². The van der Waals surface area contributed by atoms with E-state index in [1.165, 1.54) is 16.9 Å². The number of anilines is 1. The molecule has 0 fully saturated rings. The van der Waals surface area contributed by atoms with Crippen LogP contribution in [0.5, 0.6) is 0 Å². The van der Waals surface area contributed by atoms with Gasteiger partial charge in [0, 0.05) is 10.9 Å². The molecule has 2 heterocycles.